The fourth-order valence-electron chi connectivity index (χ4n) is 3.32. The molecule has 0 fully saturated rings. The summed E-state index contributed by atoms with van der Waals surface area (Å²) in [5, 5.41) is 7.18. The smallest absolute Gasteiger partial charge is 0.264 e. The summed E-state index contributed by atoms with van der Waals surface area (Å²) in [6, 6.07) is 12.9. The van der Waals surface area contributed by atoms with E-state index in [1.165, 1.54) is 4.31 Å². The van der Waals surface area contributed by atoms with Gasteiger partial charge in [0.15, 0.2) is 0 Å². The summed E-state index contributed by atoms with van der Waals surface area (Å²) >= 11 is 0. The zero-order chi connectivity index (χ0) is 18.3. The monoisotopic (exact) mass is 369 g/mol. The molecule has 6 nitrogen and oxygen atoms in total. The summed E-state index contributed by atoms with van der Waals surface area (Å²) in [5.74, 6) is 0. The Morgan fingerprint density at radius 2 is 2.00 bits per heavy atom. The number of hydrogen-bond donors (Lipinski definition) is 1. The topological polar surface area (TPSA) is 75.4 Å². The Hall–Kier alpha value is -2.64. The van der Waals surface area contributed by atoms with Gasteiger partial charge in [-0.1, -0.05) is 35.5 Å². The molecule has 1 atom stereocenters. The first-order valence-electron chi connectivity index (χ1n) is 8.28. The number of nitrogens with zero attached hydrogens (tertiary/aromatic N) is 2. The number of aromatic nitrogens is 1. The molecule has 0 radical (unpaired) electrons. The Morgan fingerprint density at radius 1 is 1.19 bits per heavy atom. The van der Waals surface area contributed by atoms with E-state index >= 15 is 0 Å². The van der Waals surface area contributed by atoms with Crippen LogP contribution < -0.4 is 9.62 Å². The quantitative estimate of drug-likeness (QED) is 0.768. The summed E-state index contributed by atoms with van der Waals surface area (Å²) in [4.78, 5) is 0.332. The third kappa shape index (κ3) is 2.69. The van der Waals surface area contributed by atoms with Crippen molar-refractivity contribution in [1.82, 2.24) is 10.5 Å². The van der Waals surface area contributed by atoms with Crippen molar-refractivity contribution in [2.75, 3.05) is 11.4 Å². The van der Waals surface area contributed by atoms with Gasteiger partial charge in [0.25, 0.3) is 10.0 Å². The van der Waals surface area contributed by atoms with Crippen molar-refractivity contribution in [1.29, 1.82) is 0 Å². The average Bonchev–Trinajstić information content (AvgIpc) is 3.14. The van der Waals surface area contributed by atoms with Crippen LogP contribution in [0, 0.1) is 6.92 Å². The Bertz CT molecular complexity index is 1050. The number of aryl methyl sites for hydroxylation is 1. The molecule has 3 aromatic rings. The molecule has 1 unspecified atom stereocenters. The molecule has 7 heteroatoms. The molecule has 0 spiro atoms. The van der Waals surface area contributed by atoms with Crippen molar-refractivity contribution in [3.63, 3.8) is 0 Å². The van der Waals surface area contributed by atoms with E-state index in [1.54, 1.807) is 25.6 Å². The number of benzene rings is 2. The van der Waals surface area contributed by atoms with Crippen molar-refractivity contribution < 1.29 is 12.9 Å². The molecule has 1 aliphatic heterocycles. The van der Waals surface area contributed by atoms with Gasteiger partial charge in [-0.2, -0.15) is 0 Å². The number of hydrogen-bond acceptors (Lipinski definition) is 5. The molecule has 26 heavy (non-hydrogen) atoms. The normalized spacial score (nSPS) is 18.1. The maximum Gasteiger partial charge on any atom is 0.264 e. The van der Waals surface area contributed by atoms with Crippen LogP contribution in [-0.2, 0) is 16.6 Å². The maximum absolute atomic E-state index is 13.2. The molecule has 4 rings (SSSR count). The summed E-state index contributed by atoms with van der Waals surface area (Å²) in [7, 11) is -2.04. The van der Waals surface area contributed by atoms with E-state index in [9.17, 15) is 8.42 Å². The first kappa shape index (κ1) is 16.8. The van der Waals surface area contributed by atoms with Crippen LogP contribution in [0.15, 0.2) is 64.3 Å². The SMILES string of the molecule is Cc1ccc2c(c1)S(=O)(=O)N(C)c1ccccc1C2NCc1cnoc1. The molecule has 134 valence electrons. The van der Waals surface area contributed by atoms with Crippen LogP contribution in [0.25, 0.3) is 0 Å². The van der Waals surface area contributed by atoms with Gasteiger partial charge in [0, 0.05) is 19.2 Å². The minimum absolute atomic E-state index is 0.267. The zero-order valence-electron chi connectivity index (χ0n) is 14.5. The Morgan fingerprint density at radius 3 is 2.77 bits per heavy atom. The lowest BCUT2D eigenvalue weighted by molar-refractivity contribution is 0.418. The highest BCUT2D eigenvalue weighted by Gasteiger charge is 2.34. The number of fused-ring (bicyclic) bond motifs is 2. The van der Waals surface area contributed by atoms with E-state index in [1.807, 2.05) is 43.3 Å². The number of anilines is 1. The van der Waals surface area contributed by atoms with Crippen LogP contribution in [0.1, 0.15) is 28.3 Å². The Balaban J connectivity index is 1.90. The molecule has 1 aliphatic rings. The molecule has 0 amide bonds. The van der Waals surface area contributed by atoms with E-state index in [0.29, 0.717) is 17.1 Å². The van der Waals surface area contributed by atoms with E-state index < -0.39 is 10.0 Å². The van der Waals surface area contributed by atoms with Gasteiger partial charge >= 0.3 is 0 Å². The highest BCUT2D eigenvalue weighted by atomic mass is 32.2. The predicted molar refractivity (Wildman–Crippen MR) is 98.4 cm³/mol. The molecule has 0 saturated carbocycles. The minimum Gasteiger partial charge on any atom is -0.364 e. The number of para-hydroxylation sites is 1. The third-order valence-electron chi connectivity index (χ3n) is 4.70. The second kappa shape index (κ2) is 6.26. The van der Waals surface area contributed by atoms with Gasteiger partial charge in [0.05, 0.1) is 22.8 Å². The van der Waals surface area contributed by atoms with Crippen LogP contribution in [0.5, 0.6) is 0 Å². The van der Waals surface area contributed by atoms with Crippen molar-refractivity contribution in [3.05, 3.63) is 77.2 Å². The molecule has 0 saturated heterocycles. The molecule has 2 aromatic carbocycles. The van der Waals surface area contributed by atoms with Crippen molar-refractivity contribution in [3.8, 4) is 0 Å². The van der Waals surface area contributed by atoms with Gasteiger partial charge in [-0.3, -0.25) is 4.31 Å². The summed E-state index contributed by atoms with van der Waals surface area (Å²) in [5.41, 5.74) is 4.13. The first-order valence-corrected chi connectivity index (χ1v) is 9.72. The lowest BCUT2D eigenvalue weighted by Crippen LogP contribution is -2.26. The third-order valence-corrected chi connectivity index (χ3v) is 6.53. The molecule has 0 aliphatic carbocycles. The Labute approximate surface area is 152 Å². The average molecular weight is 369 g/mol. The maximum atomic E-state index is 13.2. The van der Waals surface area contributed by atoms with Crippen molar-refractivity contribution >= 4 is 15.7 Å². The van der Waals surface area contributed by atoms with Crippen LogP contribution in [0.4, 0.5) is 5.69 Å². The van der Waals surface area contributed by atoms with E-state index in [-0.39, 0.29) is 6.04 Å². The predicted octanol–water partition coefficient (Wildman–Crippen LogP) is 3.00. The number of sulfonamides is 1. The fraction of sp³-hybridized carbons (Fsp3) is 0.211. The van der Waals surface area contributed by atoms with Gasteiger partial charge in [0.1, 0.15) is 6.26 Å². The molecular weight excluding hydrogens is 350 g/mol. The van der Waals surface area contributed by atoms with Crippen LogP contribution in [0.3, 0.4) is 0 Å². The summed E-state index contributed by atoms with van der Waals surface area (Å²) in [6.07, 6.45) is 3.23. The van der Waals surface area contributed by atoms with Crippen molar-refractivity contribution in [2.24, 2.45) is 0 Å². The second-order valence-electron chi connectivity index (χ2n) is 6.42. The van der Waals surface area contributed by atoms with Gasteiger partial charge < -0.3 is 9.84 Å². The van der Waals surface area contributed by atoms with Gasteiger partial charge in [-0.15, -0.1) is 0 Å². The largest absolute Gasteiger partial charge is 0.364 e. The van der Waals surface area contributed by atoms with Gasteiger partial charge in [-0.25, -0.2) is 8.42 Å². The standard InChI is InChI=1S/C19H19N3O3S/c1-13-7-8-16-18(9-13)26(23,24)22(2)17-6-4-3-5-15(17)19(16)20-10-14-11-21-25-12-14/h3-9,11-12,19-20H,10H2,1-2H3. The molecule has 0 bridgehead atoms. The highest BCUT2D eigenvalue weighted by molar-refractivity contribution is 7.92. The molecular formula is C19H19N3O3S. The highest BCUT2D eigenvalue weighted by Crippen LogP contribution is 2.40. The zero-order valence-corrected chi connectivity index (χ0v) is 15.3. The summed E-state index contributed by atoms with van der Waals surface area (Å²) < 4.78 is 32.6. The van der Waals surface area contributed by atoms with E-state index in [0.717, 1.165) is 22.3 Å². The summed E-state index contributed by atoms with van der Waals surface area (Å²) in [6.45, 7) is 2.41. The molecule has 2 heterocycles. The second-order valence-corrected chi connectivity index (χ2v) is 8.36. The minimum atomic E-state index is -3.64. The van der Waals surface area contributed by atoms with Crippen LogP contribution >= 0.6 is 0 Å². The van der Waals surface area contributed by atoms with Crippen LogP contribution in [0.2, 0.25) is 0 Å². The lowest BCUT2D eigenvalue weighted by atomic mass is 9.96. The van der Waals surface area contributed by atoms with Gasteiger partial charge in [0.2, 0.25) is 0 Å². The Kier molecular flexibility index (Phi) is 4.05. The number of rotatable bonds is 3. The fourth-order valence-corrected chi connectivity index (χ4v) is 4.86. The first-order chi connectivity index (χ1) is 12.5. The number of nitrogens with one attached hydrogen (secondary N) is 1. The van der Waals surface area contributed by atoms with Gasteiger partial charge in [-0.05, 0) is 35.7 Å². The molecule has 1 aromatic heterocycles. The van der Waals surface area contributed by atoms with E-state index in [4.69, 9.17) is 4.52 Å². The van der Waals surface area contributed by atoms with E-state index in [2.05, 4.69) is 10.5 Å². The lowest BCUT2D eigenvalue weighted by Gasteiger charge is -2.21. The van der Waals surface area contributed by atoms with Crippen LogP contribution in [-0.4, -0.2) is 20.6 Å². The molecule has 1 N–H and O–H groups in total. The van der Waals surface area contributed by atoms with Crippen molar-refractivity contribution in [2.45, 2.75) is 24.4 Å².